The Morgan fingerprint density at radius 1 is 1.41 bits per heavy atom. The second kappa shape index (κ2) is 5.56. The highest BCUT2D eigenvalue weighted by molar-refractivity contribution is 5.81. The molecule has 9 heteroatoms. The van der Waals surface area contributed by atoms with Crippen molar-refractivity contribution in [1.29, 1.82) is 0 Å². The lowest BCUT2D eigenvalue weighted by molar-refractivity contribution is -0.137. The minimum atomic E-state index is -4.44. The van der Waals surface area contributed by atoms with Gasteiger partial charge in [0.2, 0.25) is 5.91 Å². The zero-order valence-corrected chi connectivity index (χ0v) is 11.5. The normalized spacial score (nSPS) is 18.8. The maximum atomic E-state index is 12.7. The molecule has 22 heavy (non-hydrogen) atoms. The van der Waals surface area contributed by atoms with E-state index in [0.717, 1.165) is 31.6 Å². The van der Waals surface area contributed by atoms with Gasteiger partial charge in [-0.25, -0.2) is 0 Å². The first kappa shape index (κ1) is 14.8. The summed E-state index contributed by atoms with van der Waals surface area (Å²) in [5.41, 5.74) is -0.485. The molecule has 0 spiro atoms. The van der Waals surface area contributed by atoms with Gasteiger partial charge in [-0.15, -0.1) is 10.2 Å². The number of alkyl halides is 3. The first-order chi connectivity index (χ1) is 10.4. The second-order valence-corrected chi connectivity index (χ2v) is 5.13. The van der Waals surface area contributed by atoms with E-state index in [9.17, 15) is 18.0 Å². The van der Waals surface area contributed by atoms with Crippen molar-refractivity contribution in [2.75, 3.05) is 6.54 Å². The van der Waals surface area contributed by atoms with E-state index < -0.39 is 11.7 Å². The van der Waals surface area contributed by atoms with Crippen molar-refractivity contribution >= 4 is 11.6 Å². The van der Waals surface area contributed by atoms with Gasteiger partial charge in [0.15, 0.2) is 11.5 Å². The number of nitrogens with zero attached hydrogens (tertiary/aromatic N) is 3. The summed E-state index contributed by atoms with van der Waals surface area (Å²) in [6, 6.07) is 1.96. The fraction of sp³-hybridized carbons (Fsp3) is 0.462. The summed E-state index contributed by atoms with van der Waals surface area (Å²) in [5, 5.41) is 13.3. The molecule has 6 nitrogen and oxygen atoms in total. The van der Waals surface area contributed by atoms with Crippen LogP contribution in [0.15, 0.2) is 18.3 Å². The Labute approximate surface area is 123 Å². The number of nitrogens with one attached hydrogen (secondary N) is 2. The van der Waals surface area contributed by atoms with Crippen LogP contribution in [0.1, 0.15) is 24.2 Å². The van der Waals surface area contributed by atoms with Crippen LogP contribution in [0.25, 0.3) is 5.65 Å². The van der Waals surface area contributed by atoms with Crippen molar-refractivity contribution in [3.8, 4) is 0 Å². The minimum Gasteiger partial charge on any atom is -0.347 e. The Balaban J connectivity index is 1.77. The molecule has 3 rings (SSSR count). The first-order valence-electron chi connectivity index (χ1n) is 6.87. The lowest BCUT2D eigenvalue weighted by Gasteiger charge is -2.11. The van der Waals surface area contributed by atoms with Crippen molar-refractivity contribution in [1.82, 2.24) is 25.2 Å². The monoisotopic (exact) mass is 313 g/mol. The van der Waals surface area contributed by atoms with Crippen LogP contribution in [0.3, 0.4) is 0 Å². The summed E-state index contributed by atoms with van der Waals surface area (Å²) in [4.78, 5) is 11.9. The van der Waals surface area contributed by atoms with Crippen molar-refractivity contribution < 1.29 is 18.0 Å². The first-order valence-corrected chi connectivity index (χ1v) is 6.87. The van der Waals surface area contributed by atoms with Gasteiger partial charge in [0.25, 0.3) is 0 Å². The standard InChI is InChI=1S/C13H14F3N5O/c14-13(15,16)8-3-4-10-19-20-11(21(10)7-8)6-18-12(22)9-2-1-5-17-9/h3-4,7,9,17H,1-2,5-6H2,(H,18,22). The molecule has 0 saturated carbocycles. The van der Waals surface area contributed by atoms with Crippen LogP contribution >= 0.6 is 0 Å². The SMILES string of the molecule is O=C(NCc1nnc2ccc(C(F)(F)F)cn12)C1CCCN1. The molecular formula is C13H14F3N5O. The minimum absolute atomic E-state index is 0.0273. The zero-order chi connectivity index (χ0) is 15.7. The van der Waals surface area contributed by atoms with E-state index in [0.29, 0.717) is 5.65 Å². The van der Waals surface area contributed by atoms with Gasteiger partial charge in [-0.05, 0) is 31.5 Å². The molecule has 1 unspecified atom stereocenters. The zero-order valence-electron chi connectivity index (χ0n) is 11.5. The highest BCUT2D eigenvalue weighted by Gasteiger charge is 2.31. The van der Waals surface area contributed by atoms with Crippen LogP contribution in [0.5, 0.6) is 0 Å². The Morgan fingerprint density at radius 3 is 2.91 bits per heavy atom. The van der Waals surface area contributed by atoms with Crippen molar-refractivity contribution in [3.63, 3.8) is 0 Å². The molecule has 1 fully saturated rings. The third kappa shape index (κ3) is 2.89. The van der Waals surface area contributed by atoms with Crippen LogP contribution in [-0.2, 0) is 17.5 Å². The highest BCUT2D eigenvalue weighted by atomic mass is 19.4. The molecule has 0 aliphatic carbocycles. The third-order valence-corrected chi connectivity index (χ3v) is 3.60. The molecule has 0 aromatic carbocycles. The summed E-state index contributed by atoms with van der Waals surface area (Å²) in [6.07, 6.45) is -1.82. The van der Waals surface area contributed by atoms with Crippen LogP contribution in [-0.4, -0.2) is 33.1 Å². The van der Waals surface area contributed by atoms with Gasteiger partial charge in [0.05, 0.1) is 18.2 Å². The van der Waals surface area contributed by atoms with E-state index in [4.69, 9.17) is 0 Å². The quantitative estimate of drug-likeness (QED) is 0.891. The van der Waals surface area contributed by atoms with Crippen LogP contribution in [0.4, 0.5) is 13.2 Å². The number of aromatic nitrogens is 3. The third-order valence-electron chi connectivity index (χ3n) is 3.60. The summed E-state index contributed by atoms with van der Waals surface area (Å²) in [5.74, 6) is 0.0775. The Hall–Kier alpha value is -2.16. The van der Waals surface area contributed by atoms with E-state index in [1.165, 1.54) is 10.5 Å². The van der Waals surface area contributed by atoms with Crippen LogP contribution in [0, 0.1) is 0 Å². The molecule has 2 aromatic rings. The number of fused-ring (bicyclic) bond motifs is 1. The molecule has 0 radical (unpaired) electrons. The number of amides is 1. The van der Waals surface area contributed by atoms with Gasteiger partial charge in [-0.3, -0.25) is 9.20 Å². The van der Waals surface area contributed by atoms with E-state index in [1.807, 2.05) is 0 Å². The molecule has 1 amide bonds. The molecule has 1 aliphatic heterocycles. The van der Waals surface area contributed by atoms with Crippen LogP contribution in [0.2, 0.25) is 0 Å². The number of rotatable bonds is 3. The smallest absolute Gasteiger partial charge is 0.347 e. The molecule has 1 atom stereocenters. The fourth-order valence-electron chi connectivity index (χ4n) is 2.42. The van der Waals surface area contributed by atoms with Crippen molar-refractivity contribution in [2.24, 2.45) is 0 Å². The van der Waals surface area contributed by atoms with E-state index in [-0.39, 0.29) is 24.3 Å². The molecule has 3 heterocycles. The van der Waals surface area contributed by atoms with Crippen molar-refractivity contribution in [3.05, 3.63) is 29.7 Å². The molecular weight excluding hydrogens is 299 g/mol. The number of halogens is 3. The van der Waals surface area contributed by atoms with Gasteiger partial charge in [-0.1, -0.05) is 0 Å². The van der Waals surface area contributed by atoms with Gasteiger partial charge in [0.1, 0.15) is 0 Å². The summed E-state index contributed by atoms with van der Waals surface area (Å²) < 4.78 is 39.5. The lowest BCUT2D eigenvalue weighted by Crippen LogP contribution is -2.40. The second-order valence-electron chi connectivity index (χ2n) is 5.13. The van der Waals surface area contributed by atoms with E-state index in [1.54, 1.807) is 0 Å². The Morgan fingerprint density at radius 2 is 2.23 bits per heavy atom. The number of hydrogen-bond donors (Lipinski definition) is 2. The highest BCUT2D eigenvalue weighted by Crippen LogP contribution is 2.29. The molecule has 118 valence electrons. The molecule has 2 N–H and O–H groups in total. The number of carbonyl (C=O) groups is 1. The average Bonchev–Trinajstić information content (AvgIpc) is 3.13. The number of carbonyl (C=O) groups excluding carboxylic acids is 1. The summed E-state index contributed by atoms with van der Waals surface area (Å²) >= 11 is 0. The maximum absolute atomic E-state index is 12.7. The maximum Gasteiger partial charge on any atom is 0.417 e. The van der Waals surface area contributed by atoms with Crippen LogP contribution < -0.4 is 10.6 Å². The predicted octanol–water partition coefficient (Wildman–Crippen LogP) is 1.12. The topological polar surface area (TPSA) is 71.3 Å². The van der Waals surface area contributed by atoms with Gasteiger partial charge in [-0.2, -0.15) is 13.2 Å². The van der Waals surface area contributed by atoms with E-state index >= 15 is 0 Å². The van der Waals surface area contributed by atoms with Gasteiger partial charge >= 0.3 is 6.18 Å². The Bertz CT molecular complexity index is 691. The van der Waals surface area contributed by atoms with Gasteiger partial charge < -0.3 is 10.6 Å². The Kier molecular flexibility index (Phi) is 3.73. The molecule has 0 bridgehead atoms. The van der Waals surface area contributed by atoms with Crippen molar-refractivity contribution in [2.45, 2.75) is 31.6 Å². The largest absolute Gasteiger partial charge is 0.417 e. The lowest BCUT2D eigenvalue weighted by atomic mass is 10.2. The summed E-state index contributed by atoms with van der Waals surface area (Å²) in [7, 11) is 0. The van der Waals surface area contributed by atoms with Gasteiger partial charge in [0, 0.05) is 6.20 Å². The fourth-order valence-corrected chi connectivity index (χ4v) is 2.42. The number of pyridine rings is 1. The van der Waals surface area contributed by atoms with E-state index in [2.05, 4.69) is 20.8 Å². The average molecular weight is 313 g/mol. The number of hydrogen-bond acceptors (Lipinski definition) is 4. The molecule has 1 aliphatic rings. The molecule has 1 saturated heterocycles. The molecule has 2 aromatic heterocycles. The summed E-state index contributed by atoms with van der Waals surface area (Å²) in [6.45, 7) is 0.820. The predicted molar refractivity (Wildman–Crippen MR) is 70.9 cm³/mol.